The van der Waals surface area contributed by atoms with Crippen molar-refractivity contribution in [2.24, 2.45) is 0 Å². The third kappa shape index (κ3) is 6.64. The number of carbonyl (C=O) groups excluding carboxylic acids is 1. The molecule has 0 saturated carbocycles. The zero-order valence-electron chi connectivity index (χ0n) is 20.2. The summed E-state index contributed by atoms with van der Waals surface area (Å²) < 4.78 is 38.8. The molecule has 8 nitrogen and oxygen atoms in total. The SMILES string of the molecule is CCCCCN1CCCN(C(=O)c2cccc(NS(=O)(=O)c3ccc(OC)c(OC)c3)c2)CC1. The highest BCUT2D eigenvalue weighted by Crippen LogP contribution is 2.30. The van der Waals surface area contributed by atoms with E-state index in [2.05, 4.69) is 16.5 Å². The topological polar surface area (TPSA) is 88.2 Å². The van der Waals surface area contributed by atoms with Gasteiger partial charge in [0, 0.05) is 37.0 Å². The Balaban J connectivity index is 1.69. The first-order valence-electron chi connectivity index (χ1n) is 11.7. The van der Waals surface area contributed by atoms with Gasteiger partial charge in [0.2, 0.25) is 0 Å². The lowest BCUT2D eigenvalue weighted by Crippen LogP contribution is -2.35. The van der Waals surface area contributed by atoms with Gasteiger partial charge in [0.1, 0.15) is 0 Å². The zero-order chi connectivity index (χ0) is 24.6. The fourth-order valence-corrected chi connectivity index (χ4v) is 5.14. The highest BCUT2D eigenvalue weighted by atomic mass is 32.2. The number of hydrogen-bond acceptors (Lipinski definition) is 6. The van der Waals surface area contributed by atoms with E-state index in [0.29, 0.717) is 35.8 Å². The Morgan fingerprint density at radius 2 is 1.76 bits per heavy atom. The summed E-state index contributed by atoms with van der Waals surface area (Å²) in [5.74, 6) is 0.678. The highest BCUT2D eigenvalue weighted by Gasteiger charge is 2.22. The minimum atomic E-state index is -3.88. The Bertz CT molecular complexity index is 1070. The van der Waals surface area contributed by atoms with Crippen molar-refractivity contribution in [1.82, 2.24) is 9.80 Å². The fourth-order valence-electron chi connectivity index (χ4n) is 4.08. The summed E-state index contributed by atoms with van der Waals surface area (Å²) in [6.45, 7) is 6.51. The first kappa shape index (κ1) is 25.8. The van der Waals surface area contributed by atoms with Crippen LogP contribution in [-0.2, 0) is 10.0 Å². The monoisotopic (exact) mass is 489 g/mol. The van der Waals surface area contributed by atoms with Crippen molar-refractivity contribution < 1.29 is 22.7 Å². The maximum absolute atomic E-state index is 13.2. The Kier molecular flexibility index (Phi) is 9.18. The summed E-state index contributed by atoms with van der Waals surface area (Å²) in [6, 6.07) is 11.0. The number of nitrogens with zero attached hydrogens (tertiary/aromatic N) is 2. The Labute approximate surface area is 202 Å². The lowest BCUT2D eigenvalue weighted by atomic mass is 10.1. The maximum Gasteiger partial charge on any atom is 0.262 e. The van der Waals surface area contributed by atoms with Crippen LogP contribution in [0.3, 0.4) is 0 Å². The van der Waals surface area contributed by atoms with E-state index in [-0.39, 0.29) is 10.8 Å². The van der Waals surface area contributed by atoms with Crippen molar-refractivity contribution in [3.63, 3.8) is 0 Å². The summed E-state index contributed by atoms with van der Waals surface area (Å²) in [5, 5.41) is 0. The number of amides is 1. The molecule has 0 unspecified atom stereocenters. The average molecular weight is 490 g/mol. The predicted molar refractivity (Wildman–Crippen MR) is 133 cm³/mol. The highest BCUT2D eigenvalue weighted by molar-refractivity contribution is 7.92. The molecule has 34 heavy (non-hydrogen) atoms. The molecule has 1 aliphatic rings. The molecule has 1 heterocycles. The molecule has 0 spiro atoms. The van der Waals surface area contributed by atoms with Gasteiger partial charge in [-0.2, -0.15) is 0 Å². The van der Waals surface area contributed by atoms with E-state index >= 15 is 0 Å². The van der Waals surface area contributed by atoms with Gasteiger partial charge in [-0.1, -0.05) is 25.8 Å². The molecular formula is C25H35N3O5S. The van der Waals surface area contributed by atoms with E-state index in [1.54, 1.807) is 24.3 Å². The molecule has 0 aromatic heterocycles. The first-order chi connectivity index (χ1) is 16.4. The van der Waals surface area contributed by atoms with Gasteiger partial charge in [-0.05, 0) is 56.3 Å². The lowest BCUT2D eigenvalue weighted by molar-refractivity contribution is 0.0761. The van der Waals surface area contributed by atoms with Crippen molar-refractivity contribution in [1.29, 1.82) is 0 Å². The molecule has 1 saturated heterocycles. The average Bonchev–Trinajstić information content (AvgIpc) is 3.09. The number of unbranched alkanes of at least 4 members (excludes halogenated alkanes) is 2. The summed E-state index contributed by atoms with van der Waals surface area (Å²) >= 11 is 0. The van der Waals surface area contributed by atoms with Gasteiger partial charge in [-0.15, -0.1) is 0 Å². The molecule has 2 aromatic rings. The van der Waals surface area contributed by atoms with Gasteiger partial charge >= 0.3 is 0 Å². The quantitative estimate of drug-likeness (QED) is 0.510. The van der Waals surface area contributed by atoms with Crippen molar-refractivity contribution in [2.75, 3.05) is 51.7 Å². The smallest absolute Gasteiger partial charge is 0.262 e. The van der Waals surface area contributed by atoms with Crippen LogP contribution in [0.4, 0.5) is 5.69 Å². The van der Waals surface area contributed by atoms with E-state index in [1.807, 2.05) is 4.90 Å². The minimum absolute atomic E-state index is 0.0394. The minimum Gasteiger partial charge on any atom is -0.493 e. The summed E-state index contributed by atoms with van der Waals surface area (Å²) in [5.41, 5.74) is 0.795. The van der Waals surface area contributed by atoms with Crippen LogP contribution in [0, 0.1) is 0 Å². The number of benzene rings is 2. The molecule has 2 aromatic carbocycles. The largest absolute Gasteiger partial charge is 0.493 e. The molecule has 1 N–H and O–H groups in total. The molecule has 0 radical (unpaired) electrons. The van der Waals surface area contributed by atoms with E-state index < -0.39 is 10.0 Å². The molecule has 0 bridgehead atoms. The molecular weight excluding hydrogens is 454 g/mol. The van der Waals surface area contributed by atoms with Gasteiger partial charge in [0.05, 0.1) is 19.1 Å². The molecule has 1 amide bonds. The Morgan fingerprint density at radius 1 is 0.971 bits per heavy atom. The number of methoxy groups -OCH3 is 2. The van der Waals surface area contributed by atoms with E-state index in [0.717, 1.165) is 26.1 Å². The number of rotatable bonds is 10. The van der Waals surface area contributed by atoms with Crippen LogP contribution in [-0.4, -0.2) is 71.1 Å². The zero-order valence-corrected chi connectivity index (χ0v) is 21.1. The first-order valence-corrected chi connectivity index (χ1v) is 13.2. The predicted octanol–water partition coefficient (Wildman–Crippen LogP) is 3.84. The fraction of sp³-hybridized carbons (Fsp3) is 0.480. The molecule has 1 aliphatic heterocycles. The molecule has 3 rings (SSSR count). The normalized spacial score (nSPS) is 15.0. The van der Waals surface area contributed by atoms with Gasteiger partial charge in [0.25, 0.3) is 15.9 Å². The second kappa shape index (κ2) is 12.1. The second-order valence-electron chi connectivity index (χ2n) is 8.40. The van der Waals surface area contributed by atoms with Crippen LogP contribution in [0.1, 0.15) is 43.0 Å². The van der Waals surface area contributed by atoms with Crippen LogP contribution in [0.15, 0.2) is 47.4 Å². The van der Waals surface area contributed by atoms with Crippen LogP contribution < -0.4 is 14.2 Å². The molecule has 0 aliphatic carbocycles. The lowest BCUT2D eigenvalue weighted by Gasteiger charge is -2.22. The van der Waals surface area contributed by atoms with Gasteiger partial charge in [-0.3, -0.25) is 9.52 Å². The molecule has 9 heteroatoms. The number of nitrogens with one attached hydrogen (secondary N) is 1. The Hall–Kier alpha value is -2.78. The van der Waals surface area contributed by atoms with Gasteiger partial charge < -0.3 is 19.3 Å². The number of ether oxygens (including phenoxy) is 2. The second-order valence-corrected chi connectivity index (χ2v) is 10.1. The van der Waals surface area contributed by atoms with Crippen molar-refractivity contribution in [2.45, 2.75) is 37.5 Å². The third-order valence-corrected chi connectivity index (χ3v) is 7.36. The summed E-state index contributed by atoms with van der Waals surface area (Å²) in [6.07, 6.45) is 4.55. The number of hydrogen-bond donors (Lipinski definition) is 1. The summed E-state index contributed by atoms with van der Waals surface area (Å²) in [4.78, 5) is 17.5. The van der Waals surface area contributed by atoms with E-state index in [1.165, 1.54) is 51.7 Å². The van der Waals surface area contributed by atoms with Crippen molar-refractivity contribution >= 4 is 21.6 Å². The molecule has 186 valence electrons. The Morgan fingerprint density at radius 3 is 2.50 bits per heavy atom. The molecule has 0 atom stereocenters. The van der Waals surface area contributed by atoms with Crippen LogP contribution in [0.5, 0.6) is 11.5 Å². The van der Waals surface area contributed by atoms with Crippen molar-refractivity contribution in [3.05, 3.63) is 48.0 Å². The van der Waals surface area contributed by atoms with Crippen LogP contribution in [0.25, 0.3) is 0 Å². The molecule has 1 fully saturated rings. The van der Waals surface area contributed by atoms with Gasteiger partial charge in [-0.25, -0.2) is 8.42 Å². The van der Waals surface area contributed by atoms with E-state index in [9.17, 15) is 13.2 Å². The van der Waals surface area contributed by atoms with E-state index in [4.69, 9.17) is 9.47 Å². The number of carbonyl (C=O) groups is 1. The van der Waals surface area contributed by atoms with Gasteiger partial charge in [0.15, 0.2) is 11.5 Å². The van der Waals surface area contributed by atoms with Crippen LogP contribution in [0.2, 0.25) is 0 Å². The number of anilines is 1. The van der Waals surface area contributed by atoms with Crippen LogP contribution >= 0.6 is 0 Å². The summed E-state index contributed by atoms with van der Waals surface area (Å²) in [7, 11) is -0.944. The maximum atomic E-state index is 13.2. The standard InChI is InChI=1S/C25H35N3O5S/c1-4-5-6-13-27-14-8-15-28(17-16-27)25(29)20-9-7-10-21(18-20)26-34(30,31)22-11-12-23(32-2)24(19-22)33-3/h7,9-12,18-19,26H,4-6,8,13-17H2,1-3H3. The van der Waals surface area contributed by atoms with Crippen molar-refractivity contribution in [3.8, 4) is 11.5 Å². The third-order valence-electron chi connectivity index (χ3n) is 5.98. The number of sulfonamides is 1.